The van der Waals surface area contributed by atoms with Gasteiger partial charge in [0.05, 0.1) is 11.8 Å². The second-order valence-electron chi connectivity index (χ2n) is 5.55. The number of hydrogen-bond acceptors (Lipinski definition) is 7. The predicted molar refractivity (Wildman–Crippen MR) is 70.2 cm³/mol. The molecule has 0 spiro atoms. The number of carbonyl (C=O) groups is 2. The fourth-order valence-electron chi connectivity index (χ4n) is 1.21. The highest BCUT2D eigenvalue weighted by atomic mass is 32.2. The van der Waals surface area contributed by atoms with Crippen LogP contribution >= 0.6 is 0 Å². The van der Waals surface area contributed by atoms with Crippen molar-refractivity contribution in [1.82, 2.24) is 0 Å². The summed E-state index contributed by atoms with van der Waals surface area (Å²) in [6, 6.07) is 0. The summed E-state index contributed by atoms with van der Waals surface area (Å²) in [4.78, 5) is 22.8. The Labute approximate surface area is 140 Å². The number of ether oxygens (including phenoxy) is 2. The van der Waals surface area contributed by atoms with Gasteiger partial charge in [-0.3, -0.25) is 9.59 Å². The van der Waals surface area contributed by atoms with Crippen LogP contribution in [0.4, 0.5) is 22.0 Å². The van der Waals surface area contributed by atoms with Gasteiger partial charge in [-0.15, -0.1) is 0 Å². The molecule has 0 amide bonds. The lowest BCUT2D eigenvalue weighted by molar-refractivity contribution is -0.259. The monoisotopic (exact) mass is 399 g/mol. The van der Waals surface area contributed by atoms with Crippen molar-refractivity contribution >= 4 is 22.1 Å². The lowest BCUT2D eigenvalue weighted by Gasteiger charge is -2.29. The van der Waals surface area contributed by atoms with E-state index in [1.165, 1.54) is 13.8 Å². The Morgan fingerprint density at radius 2 is 1.60 bits per heavy atom. The zero-order chi connectivity index (χ0) is 20.3. The van der Waals surface area contributed by atoms with Crippen LogP contribution in [0.2, 0.25) is 0 Å². The standard InChI is InChI=1S/C12H17F5O7S/c1-4-10(2,3)9(19)23-6-5-7(18)24-8(11(13,14)15)12(16,17)25(20,21)22/h8H,4-6H2,1-3H3,(H,20,21,22)/p-1. The summed E-state index contributed by atoms with van der Waals surface area (Å²) in [7, 11) is -6.75. The summed E-state index contributed by atoms with van der Waals surface area (Å²) in [6.07, 6.45) is -11.2. The molecule has 0 bridgehead atoms. The lowest BCUT2D eigenvalue weighted by Crippen LogP contribution is -2.52. The van der Waals surface area contributed by atoms with Crippen molar-refractivity contribution in [3.8, 4) is 0 Å². The fraction of sp³-hybridized carbons (Fsp3) is 0.833. The molecule has 0 rings (SSSR count). The number of esters is 2. The number of rotatable bonds is 8. The van der Waals surface area contributed by atoms with E-state index < -0.39 is 58.0 Å². The van der Waals surface area contributed by atoms with Gasteiger partial charge in [0.1, 0.15) is 6.61 Å². The van der Waals surface area contributed by atoms with Gasteiger partial charge in [0.2, 0.25) is 0 Å². The Hall–Kier alpha value is -1.50. The maximum absolute atomic E-state index is 13.1. The first-order valence-corrected chi connectivity index (χ1v) is 8.14. The number of hydrogen-bond donors (Lipinski definition) is 0. The minimum absolute atomic E-state index is 0.347. The van der Waals surface area contributed by atoms with Crippen molar-refractivity contribution in [1.29, 1.82) is 0 Å². The zero-order valence-corrected chi connectivity index (χ0v) is 14.2. The Morgan fingerprint density at radius 1 is 1.12 bits per heavy atom. The summed E-state index contributed by atoms with van der Waals surface area (Å²) >= 11 is 0. The predicted octanol–water partition coefficient (Wildman–Crippen LogP) is 1.97. The second-order valence-corrected chi connectivity index (χ2v) is 7.00. The largest absolute Gasteiger partial charge is 0.743 e. The summed E-state index contributed by atoms with van der Waals surface area (Å²) in [5.74, 6) is -2.71. The van der Waals surface area contributed by atoms with Crippen LogP contribution in [0.1, 0.15) is 33.6 Å². The van der Waals surface area contributed by atoms with Crippen molar-refractivity contribution in [2.24, 2.45) is 5.41 Å². The molecule has 1 atom stereocenters. The van der Waals surface area contributed by atoms with E-state index in [-0.39, 0.29) is 0 Å². The Bertz CT molecular complexity index is 597. The van der Waals surface area contributed by atoms with E-state index in [9.17, 15) is 44.5 Å². The highest BCUT2D eigenvalue weighted by molar-refractivity contribution is 7.86. The Kier molecular flexibility index (Phi) is 7.34. The SMILES string of the molecule is CCC(C)(C)C(=O)OCCC(=O)OC(C(F)(F)F)C(F)(F)S(=O)(=O)[O-]. The van der Waals surface area contributed by atoms with Gasteiger partial charge in [-0.1, -0.05) is 6.92 Å². The lowest BCUT2D eigenvalue weighted by atomic mass is 9.91. The van der Waals surface area contributed by atoms with E-state index in [0.717, 1.165) is 0 Å². The van der Waals surface area contributed by atoms with Gasteiger partial charge in [0, 0.05) is 0 Å². The van der Waals surface area contributed by atoms with Gasteiger partial charge in [-0.05, 0) is 20.3 Å². The molecule has 0 aliphatic rings. The first-order valence-electron chi connectivity index (χ1n) is 6.73. The number of halogens is 5. The summed E-state index contributed by atoms with van der Waals surface area (Å²) in [6.45, 7) is 3.86. The molecular formula is C12H16F5O7S-. The molecule has 1 unspecified atom stereocenters. The summed E-state index contributed by atoms with van der Waals surface area (Å²) in [5, 5.41) is -5.91. The van der Waals surface area contributed by atoms with Crippen LogP contribution in [-0.4, -0.2) is 49.1 Å². The third kappa shape index (κ3) is 6.38. The third-order valence-corrected chi connectivity index (χ3v) is 4.04. The molecule has 0 fully saturated rings. The van der Waals surface area contributed by atoms with Crippen LogP contribution in [0, 0.1) is 5.41 Å². The van der Waals surface area contributed by atoms with Crippen molar-refractivity contribution in [3.63, 3.8) is 0 Å². The third-order valence-electron chi connectivity index (χ3n) is 3.16. The average molecular weight is 399 g/mol. The van der Waals surface area contributed by atoms with Gasteiger partial charge in [-0.2, -0.15) is 22.0 Å². The minimum Gasteiger partial charge on any atom is -0.743 e. The number of alkyl halides is 5. The van der Waals surface area contributed by atoms with Crippen LogP contribution in [-0.2, 0) is 29.2 Å². The van der Waals surface area contributed by atoms with E-state index >= 15 is 0 Å². The first kappa shape index (κ1) is 23.5. The number of carbonyl (C=O) groups excluding carboxylic acids is 2. The van der Waals surface area contributed by atoms with Crippen LogP contribution in [0.25, 0.3) is 0 Å². The van der Waals surface area contributed by atoms with Crippen LogP contribution in [0.3, 0.4) is 0 Å². The van der Waals surface area contributed by atoms with E-state index in [2.05, 4.69) is 9.47 Å². The van der Waals surface area contributed by atoms with Crippen LogP contribution < -0.4 is 0 Å². The molecule has 0 saturated heterocycles. The van der Waals surface area contributed by atoms with E-state index in [1.54, 1.807) is 6.92 Å². The molecule has 0 radical (unpaired) electrons. The van der Waals surface area contributed by atoms with Gasteiger partial charge in [0.15, 0.2) is 10.1 Å². The normalized spacial score (nSPS) is 14.8. The topological polar surface area (TPSA) is 110 Å². The summed E-state index contributed by atoms with van der Waals surface area (Å²) < 4.78 is 103. The van der Waals surface area contributed by atoms with Crippen LogP contribution in [0.15, 0.2) is 0 Å². The van der Waals surface area contributed by atoms with Gasteiger partial charge in [-0.25, -0.2) is 8.42 Å². The maximum Gasteiger partial charge on any atom is 0.432 e. The van der Waals surface area contributed by atoms with E-state index in [4.69, 9.17) is 0 Å². The van der Waals surface area contributed by atoms with E-state index in [0.29, 0.717) is 6.42 Å². The molecule has 0 heterocycles. The Balaban J connectivity index is 4.97. The summed E-state index contributed by atoms with van der Waals surface area (Å²) in [5.41, 5.74) is -0.942. The molecule has 0 N–H and O–H groups in total. The average Bonchev–Trinajstić information content (AvgIpc) is 2.41. The molecule has 148 valence electrons. The highest BCUT2D eigenvalue weighted by Crippen LogP contribution is 2.38. The van der Waals surface area contributed by atoms with Crippen LogP contribution in [0.5, 0.6) is 0 Å². The molecule has 0 saturated carbocycles. The maximum atomic E-state index is 13.1. The van der Waals surface area contributed by atoms with Crippen molar-refractivity contribution < 1.29 is 54.0 Å². The molecule has 7 nitrogen and oxygen atoms in total. The highest BCUT2D eigenvalue weighted by Gasteiger charge is 2.62. The molecule has 13 heteroatoms. The molecule has 0 aromatic carbocycles. The zero-order valence-electron chi connectivity index (χ0n) is 13.4. The second kappa shape index (κ2) is 7.81. The Morgan fingerprint density at radius 3 is 1.96 bits per heavy atom. The smallest absolute Gasteiger partial charge is 0.432 e. The molecular weight excluding hydrogens is 383 g/mol. The molecule has 0 aromatic rings. The van der Waals surface area contributed by atoms with Crippen molar-refractivity contribution in [2.45, 2.75) is 51.1 Å². The molecule has 0 aliphatic carbocycles. The van der Waals surface area contributed by atoms with Crippen molar-refractivity contribution in [3.05, 3.63) is 0 Å². The minimum atomic E-state index is -6.75. The molecule has 25 heavy (non-hydrogen) atoms. The first-order chi connectivity index (χ1) is 11.0. The van der Waals surface area contributed by atoms with Gasteiger partial charge >= 0.3 is 23.4 Å². The van der Waals surface area contributed by atoms with E-state index in [1.807, 2.05) is 0 Å². The molecule has 0 aromatic heterocycles. The van der Waals surface area contributed by atoms with Gasteiger partial charge < -0.3 is 14.0 Å². The van der Waals surface area contributed by atoms with Gasteiger partial charge in [0.25, 0.3) is 6.10 Å². The molecule has 0 aliphatic heterocycles. The van der Waals surface area contributed by atoms with Crippen molar-refractivity contribution in [2.75, 3.05) is 6.61 Å². The fourth-order valence-corrected chi connectivity index (χ4v) is 1.66. The quantitative estimate of drug-likeness (QED) is 0.349.